The third kappa shape index (κ3) is 4.16. The maximum absolute atomic E-state index is 12.7. The van der Waals surface area contributed by atoms with Gasteiger partial charge in [-0.05, 0) is 61.9 Å². The van der Waals surface area contributed by atoms with Crippen LogP contribution in [0.2, 0.25) is 0 Å². The predicted octanol–water partition coefficient (Wildman–Crippen LogP) is 3.12. The molecule has 0 bridgehead atoms. The molecule has 0 aromatic heterocycles. The molecule has 1 aliphatic heterocycles. The van der Waals surface area contributed by atoms with E-state index in [1.807, 2.05) is 18.2 Å². The quantitative estimate of drug-likeness (QED) is 0.729. The fraction of sp³-hybridized carbons (Fsp3) is 0.409. The molecule has 2 N–H and O–H groups in total. The van der Waals surface area contributed by atoms with E-state index < -0.39 is 15.4 Å². The van der Waals surface area contributed by atoms with Crippen LogP contribution in [0.1, 0.15) is 36.8 Å². The van der Waals surface area contributed by atoms with E-state index in [9.17, 15) is 13.2 Å². The summed E-state index contributed by atoms with van der Waals surface area (Å²) in [5, 5.41) is 3.03. The first-order valence-corrected chi connectivity index (χ1v) is 11.5. The third-order valence-electron chi connectivity index (χ3n) is 5.77. The number of benzene rings is 2. The van der Waals surface area contributed by atoms with Crippen LogP contribution in [-0.2, 0) is 25.0 Å². The van der Waals surface area contributed by atoms with E-state index >= 15 is 0 Å². The zero-order chi connectivity index (χ0) is 20.5. The Morgan fingerprint density at radius 2 is 1.86 bits per heavy atom. The van der Waals surface area contributed by atoms with Gasteiger partial charge in [0.05, 0.1) is 16.4 Å². The molecule has 2 aromatic rings. The Kier molecular flexibility index (Phi) is 5.36. The number of carbonyl (C=O) groups excluding carboxylic acids is 1. The minimum atomic E-state index is -3.65. The summed E-state index contributed by atoms with van der Waals surface area (Å²) in [7, 11) is -3.65. The van der Waals surface area contributed by atoms with E-state index in [1.54, 1.807) is 37.3 Å². The number of hydrogen-bond acceptors (Lipinski definition) is 4. The van der Waals surface area contributed by atoms with Crippen LogP contribution < -0.4 is 10.0 Å². The number of hydrogen-bond donors (Lipinski definition) is 2. The molecule has 1 aliphatic carbocycles. The monoisotopic (exact) mass is 414 g/mol. The van der Waals surface area contributed by atoms with Crippen molar-refractivity contribution in [3.8, 4) is 0 Å². The van der Waals surface area contributed by atoms with Gasteiger partial charge < -0.3 is 10.1 Å². The summed E-state index contributed by atoms with van der Waals surface area (Å²) in [6.45, 7) is 3.09. The molecule has 1 amide bonds. The topological polar surface area (TPSA) is 84.5 Å². The van der Waals surface area contributed by atoms with E-state index in [2.05, 4.69) is 10.0 Å². The largest absolute Gasteiger partial charge is 0.376 e. The van der Waals surface area contributed by atoms with Crippen molar-refractivity contribution in [2.45, 2.75) is 49.0 Å². The molecule has 1 atom stereocenters. The molecular weight excluding hydrogens is 388 g/mol. The second kappa shape index (κ2) is 7.80. The van der Waals surface area contributed by atoms with Gasteiger partial charge in [-0.3, -0.25) is 9.52 Å². The summed E-state index contributed by atoms with van der Waals surface area (Å²) >= 11 is 0. The van der Waals surface area contributed by atoms with E-state index in [-0.39, 0.29) is 16.9 Å². The van der Waals surface area contributed by atoms with Crippen molar-refractivity contribution in [3.63, 3.8) is 0 Å². The average molecular weight is 415 g/mol. The molecule has 2 fully saturated rings. The van der Waals surface area contributed by atoms with Crippen molar-refractivity contribution >= 4 is 21.6 Å². The van der Waals surface area contributed by atoms with Gasteiger partial charge in [-0.15, -0.1) is 0 Å². The van der Waals surface area contributed by atoms with Gasteiger partial charge in [0, 0.05) is 18.8 Å². The van der Waals surface area contributed by atoms with Crippen LogP contribution in [0.3, 0.4) is 0 Å². The molecule has 0 radical (unpaired) electrons. The third-order valence-corrected chi connectivity index (χ3v) is 7.31. The Labute approximate surface area is 171 Å². The number of aryl methyl sites for hydroxylation is 1. The molecule has 2 aromatic carbocycles. The zero-order valence-corrected chi connectivity index (χ0v) is 17.3. The van der Waals surface area contributed by atoms with Gasteiger partial charge in [-0.25, -0.2) is 8.42 Å². The summed E-state index contributed by atoms with van der Waals surface area (Å²) in [5.41, 5.74) is 1.59. The van der Waals surface area contributed by atoms with Crippen LogP contribution >= 0.6 is 0 Å². The number of anilines is 1. The van der Waals surface area contributed by atoms with E-state index in [0.29, 0.717) is 17.8 Å². The van der Waals surface area contributed by atoms with Gasteiger partial charge in [0.1, 0.15) is 0 Å². The lowest BCUT2D eigenvalue weighted by Crippen LogP contribution is -2.39. The molecule has 0 unspecified atom stereocenters. The molecule has 7 heteroatoms. The highest BCUT2D eigenvalue weighted by atomic mass is 32.2. The van der Waals surface area contributed by atoms with Crippen molar-refractivity contribution in [3.05, 3.63) is 59.7 Å². The van der Waals surface area contributed by atoms with Crippen LogP contribution in [0.25, 0.3) is 0 Å². The van der Waals surface area contributed by atoms with E-state index in [4.69, 9.17) is 4.74 Å². The summed E-state index contributed by atoms with van der Waals surface area (Å²) in [6.07, 6.45) is 3.76. The van der Waals surface area contributed by atoms with E-state index in [1.165, 1.54) is 0 Å². The second-order valence-electron chi connectivity index (χ2n) is 7.88. The molecule has 2 aliphatic rings. The van der Waals surface area contributed by atoms with Gasteiger partial charge in [-0.1, -0.05) is 30.3 Å². The first kappa shape index (κ1) is 19.9. The zero-order valence-electron chi connectivity index (χ0n) is 16.5. The van der Waals surface area contributed by atoms with Crippen molar-refractivity contribution in [2.24, 2.45) is 0 Å². The van der Waals surface area contributed by atoms with Crippen molar-refractivity contribution in [2.75, 3.05) is 17.9 Å². The fourth-order valence-corrected chi connectivity index (χ4v) is 5.18. The lowest BCUT2D eigenvalue weighted by atomic mass is 9.94. The summed E-state index contributed by atoms with van der Waals surface area (Å²) in [5.74, 6) is 0.0289. The number of ether oxygens (including phenoxy) is 1. The van der Waals surface area contributed by atoms with Crippen LogP contribution in [0.4, 0.5) is 5.69 Å². The maximum atomic E-state index is 12.7. The number of amides is 1. The number of rotatable bonds is 7. The number of carbonyl (C=O) groups is 1. The Morgan fingerprint density at radius 1 is 1.14 bits per heavy atom. The Morgan fingerprint density at radius 3 is 2.48 bits per heavy atom. The Balaban J connectivity index is 1.43. The van der Waals surface area contributed by atoms with Gasteiger partial charge in [0.15, 0.2) is 0 Å². The van der Waals surface area contributed by atoms with Gasteiger partial charge in [0.2, 0.25) is 5.91 Å². The lowest BCUT2D eigenvalue weighted by Gasteiger charge is -2.18. The Bertz CT molecular complexity index is 992. The minimum absolute atomic E-state index is 0.0289. The normalized spacial score (nSPS) is 20.2. The van der Waals surface area contributed by atoms with Gasteiger partial charge in [-0.2, -0.15) is 0 Å². The van der Waals surface area contributed by atoms with E-state index in [0.717, 1.165) is 37.9 Å². The van der Waals surface area contributed by atoms with Crippen molar-refractivity contribution in [1.29, 1.82) is 0 Å². The standard InChI is InChI=1S/C22H26N2O4S/c1-16-5-2-3-7-20(16)29(26,27)24-18-10-8-17(9-11-18)22(12-13-22)21(25)23-15-19-6-4-14-28-19/h2-3,5,7-11,19,24H,4,6,12-15H2,1H3,(H,23,25)/t19-/m0/s1. The minimum Gasteiger partial charge on any atom is -0.376 e. The van der Waals surface area contributed by atoms with Crippen molar-refractivity contribution in [1.82, 2.24) is 5.32 Å². The maximum Gasteiger partial charge on any atom is 0.262 e. The smallest absolute Gasteiger partial charge is 0.262 e. The SMILES string of the molecule is Cc1ccccc1S(=O)(=O)Nc1ccc(C2(C(=O)NC[C@@H]3CCCO3)CC2)cc1. The average Bonchev–Trinajstić information content (AvgIpc) is 3.35. The highest BCUT2D eigenvalue weighted by Gasteiger charge is 2.51. The second-order valence-corrected chi connectivity index (χ2v) is 9.53. The summed E-state index contributed by atoms with van der Waals surface area (Å²) in [4.78, 5) is 13.0. The molecule has 1 saturated heterocycles. The molecule has 1 saturated carbocycles. The summed E-state index contributed by atoms with van der Waals surface area (Å²) in [6, 6.07) is 14.0. The molecular formula is C22H26N2O4S. The van der Waals surface area contributed by atoms with Crippen LogP contribution in [0.15, 0.2) is 53.4 Å². The molecule has 0 spiro atoms. The molecule has 6 nitrogen and oxygen atoms in total. The first-order valence-electron chi connectivity index (χ1n) is 10.00. The van der Waals surface area contributed by atoms with Crippen molar-refractivity contribution < 1.29 is 17.9 Å². The summed E-state index contributed by atoms with van der Waals surface area (Å²) < 4.78 is 33.5. The highest BCUT2D eigenvalue weighted by Crippen LogP contribution is 2.48. The van der Waals surface area contributed by atoms with Crippen LogP contribution in [0.5, 0.6) is 0 Å². The molecule has 154 valence electrons. The first-order chi connectivity index (χ1) is 13.9. The lowest BCUT2D eigenvalue weighted by molar-refractivity contribution is -0.124. The highest BCUT2D eigenvalue weighted by molar-refractivity contribution is 7.92. The number of sulfonamides is 1. The fourth-order valence-electron chi connectivity index (χ4n) is 3.88. The van der Waals surface area contributed by atoms with Crippen LogP contribution in [-0.4, -0.2) is 33.6 Å². The molecule has 29 heavy (non-hydrogen) atoms. The predicted molar refractivity (Wildman–Crippen MR) is 111 cm³/mol. The Hall–Kier alpha value is -2.38. The molecule has 4 rings (SSSR count). The van der Waals surface area contributed by atoms with Gasteiger partial charge in [0.25, 0.3) is 10.0 Å². The van der Waals surface area contributed by atoms with Crippen LogP contribution in [0, 0.1) is 6.92 Å². The van der Waals surface area contributed by atoms with Gasteiger partial charge >= 0.3 is 0 Å². The molecule has 1 heterocycles. The number of nitrogens with one attached hydrogen (secondary N) is 2.